The fraction of sp³-hybridized carbons (Fsp3) is 0.600. The minimum atomic E-state index is -0.963. The quantitative estimate of drug-likeness (QED) is 0.589. The fourth-order valence-corrected chi connectivity index (χ4v) is 1.74. The lowest BCUT2D eigenvalue weighted by Gasteiger charge is -2.36. The highest BCUT2D eigenvalue weighted by Gasteiger charge is 2.40. The average molecular weight is 189 g/mol. The highest BCUT2D eigenvalue weighted by molar-refractivity contribution is 6.30. The van der Waals surface area contributed by atoms with Crippen LogP contribution in [-0.2, 0) is 0 Å². The molecule has 0 N–H and O–H groups in total. The zero-order valence-corrected chi connectivity index (χ0v) is 8.40. The summed E-state index contributed by atoms with van der Waals surface area (Å²) in [5.41, 5.74) is -0.531. The third kappa shape index (κ3) is 1.31. The van der Waals surface area contributed by atoms with E-state index < -0.39 is 11.6 Å². The minimum absolute atomic E-state index is 0.209. The van der Waals surface area contributed by atoms with Crippen LogP contribution in [0.1, 0.15) is 20.8 Å². The maximum Gasteiger partial charge on any atom is 0.129 e. The van der Waals surface area contributed by atoms with Crippen LogP contribution < -0.4 is 0 Å². The highest BCUT2D eigenvalue weighted by atomic mass is 35.5. The van der Waals surface area contributed by atoms with E-state index in [1.165, 1.54) is 0 Å². The summed E-state index contributed by atoms with van der Waals surface area (Å²) >= 11 is 5.98. The van der Waals surface area contributed by atoms with Crippen LogP contribution in [0, 0.1) is 11.3 Å². The van der Waals surface area contributed by atoms with Crippen molar-refractivity contribution in [2.45, 2.75) is 26.9 Å². The van der Waals surface area contributed by atoms with Crippen molar-refractivity contribution in [2.75, 3.05) is 0 Å². The zero-order valence-electron chi connectivity index (χ0n) is 7.64. The van der Waals surface area contributed by atoms with E-state index in [9.17, 15) is 4.39 Å². The molecule has 1 aliphatic rings. The maximum absolute atomic E-state index is 13.5. The molecule has 0 bridgehead atoms. The number of alkyl halides is 1. The van der Waals surface area contributed by atoms with Crippen LogP contribution in [0.2, 0.25) is 0 Å². The zero-order chi connectivity index (χ0) is 9.35. The van der Waals surface area contributed by atoms with Gasteiger partial charge in [-0.05, 0) is 18.1 Å². The van der Waals surface area contributed by atoms with E-state index in [0.717, 1.165) is 0 Å². The van der Waals surface area contributed by atoms with E-state index in [2.05, 4.69) is 0 Å². The van der Waals surface area contributed by atoms with Gasteiger partial charge in [0.1, 0.15) is 6.17 Å². The van der Waals surface area contributed by atoms with Gasteiger partial charge in [-0.25, -0.2) is 4.39 Å². The molecule has 0 aromatic rings. The normalized spacial score (nSPS) is 35.5. The number of hydrogen-bond donors (Lipinski definition) is 0. The Kier molecular flexibility index (Phi) is 2.62. The molecule has 0 radical (unpaired) electrons. The third-order valence-electron chi connectivity index (χ3n) is 2.81. The largest absolute Gasteiger partial charge is 0.242 e. The molecular weight excluding hydrogens is 175 g/mol. The standard InChI is InChI=1S/C10H14ClF/c1-7(2)10(3)8(11)5-4-6-9(10)12/h4-7,9H,1-3H3. The van der Waals surface area contributed by atoms with Crippen molar-refractivity contribution in [3.05, 3.63) is 23.3 Å². The first kappa shape index (κ1) is 9.79. The van der Waals surface area contributed by atoms with Crippen molar-refractivity contribution in [3.63, 3.8) is 0 Å². The lowest BCUT2D eigenvalue weighted by molar-refractivity contribution is 0.153. The van der Waals surface area contributed by atoms with Crippen molar-refractivity contribution in [1.29, 1.82) is 0 Å². The van der Waals surface area contributed by atoms with Crippen LogP contribution >= 0.6 is 11.6 Å². The van der Waals surface area contributed by atoms with Crippen molar-refractivity contribution >= 4 is 11.6 Å². The molecule has 0 nitrogen and oxygen atoms in total. The van der Waals surface area contributed by atoms with Crippen LogP contribution in [0.5, 0.6) is 0 Å². The summed E-state index contributed by atoms with van der Waals surface area (Å²) in [6.45, 7) is 5.84. The summed E-state index contributed by atoms with van der Waals surface area (Å²) in [5, 5.41) is 0.618. The van der Waals surface area contributed by atoms with Crippen molar-refractivity contribution in [1.82, 2.24) is 0 Å². The monoisotopic (exact) mass is 188 g/mol. The lowest BCUT2D eigenvalue weighted by atomic mass is 9.73. The van der Waals surface area contributed by atoms with E-state index in [-0.39, 0.29) is 5.92 Å². The first-order valence-electron chi connectivity index (χ1n) is 4.18. The number of hydrogen-bond acceptors (Lipinski definition) is 0. The van der Waals surface area contributed by atoms with Crippen LogP contribution in [0.25, 0.3) is 0 Å². The molecule has 12 heavy (non-hydrogen) atoms. The summed E-state index contributed by atoms with van der Waals surface area (Å²) in [5.74, 6) is 0.209. The molecule has 2 unspecified atom stereocenters. The molecule has 0 spiro atoms. The molecule has 0 amide bonds. The first-order chi connectivity index (χ1) is 5.49. The third-order valence-corrected chi connectivity index (χ3v) is 3.34. The minimum Gasteiger partial charge on any atom is -0.242 e. The Hall–Kier alpha value is -0.300. The van der Waals surface area contributed by atoms with E-state index in [1.807, 2.05) is 20.8 Å². The summed E-state index contributed by atoms with van der Waals surface area (Å²) in [6.07, 6.45) is 4.05. The predicted molar refractivity (Wildman–Crippen MR) is 50.9 cm³/mol. The SMILES string of the molecule is CC(C)C1(C)C(Cl)=CC=CC1F. The van der Waals surface area contributed by atoms with Gasteiger partial charge >= 0.3 is 0 Å². The molecule has 0 aliphatic heterocycles. The molecule has 0 saturated heterocycles. The fourth-order valence-electron chi connectivity index (χ4n) is 1.34. The Balaban J connectivity index is 3.02. The van der Waals surface area contributed by atoms with Gasteiger partial charge in [0.15, 0.2) is 0 Å². The molecule has 0 heterocycles. The molecule has 68 valence electrons. The Morgan fingerprint density at radius 1 is 1.58 bits per heavy atom. The molecular formula is C10H14ClF. The van der Waals surface area contributed by atoms with E-state index in [0.29, 0.717) is 5.03 Å². The van der Waals surface area contributed by atoms with Gasteiger partial charge in [-0.15, -0.1) is 0 Å². The van der Waals surface area contributed by atoms with Crippen LogP contribution in [0.15, 0.2) is 23.3 Å². The van der Waals surface area contributed by atoms with Crippen molar-refractivity contribution in [2.24, 2.45) is 11.3 Å². The summed E-state index contributed by atoms with van der Waals surface area (Å²) < 4.78 is 13.5. The summed E-state index contributed by atoms with van der Waals surface area (Å²) in [4.78, 5) is 0. The number of rotatable bonds is 1. The molecule has 0 aromatic heterocycles. The van der Waals surface area contributed by atoms with Gasteiger partial charge in [-0.2, -0.15) is 0 Å². The van der Waals surface area contributed by atoms with Crippen LogP contribution in [0.4, 0.5) is 4.39 Å². The van der Waals surface area contributed by atoms with Gasteiger partial charge in [-0.3, -0.25) is 0 Å². The molecule has 0 aromatic carbocycles. The van der Waals surface area contributed by atoms with Crippen LogP contribution in [0.3, 0.4) is 0 Å². The Bertz CT molecular complexity index is 230. The number of allylic oxidation sites excluding steroid dienone is 4. The summed E-state index contributed by atoms with van der Waals surface area (Å²) in [6, 6.07) is 0. The molecule has 0 fully saturated rings. The van der Waals surface area contributed by atoms with Crippen molar-refractivity contribution in [3.8, 4) is 0 Å². The second kappa shape index (κ2) is 3.21. The first-order valence-corrected chi connectivity index (χ1v) is 4.56. The van der Waals surface area contributed by atoms with Gasteiger partial charge in [0, 0.05) is 10.4 Å². The Labute approximate surface area is 78.1 Å². The molecule has 1 rings (SSSR count). The summed E-state index contributed by atoms with van der Waals surface area (Å²) in [7, 11) is 0. The molecule has 1 aliphatic carbocycles. The molecule has 2 atom stereocenters. The molecule has 2 heteroatoms. The van der Waals surface area contributed by atoms with Gasteiger partial charge in [0.05, 0.1) is 0 Å². The second-order valence-electron chi connectivity index (χ2n) is 3.74. The maximum atomic E-state index is 13.5. The van der Waals surface area contributed by atoms with E-state index in [1.54, 1.807) is 18.2 Å². The number of halogens is 2. The Morgan fingerprint density at radius 2 is 2.17 bits per heavy atom. The average Bonchev–Trinajstić information content (AvgIpc) is 1.99. The van der Waals surface area contributed by atoms with E-state index >= 15 is 0 Å². The van der Waals surface area contributed by atoms with Gasteiger partial charge in [0.25, 0.3) is 0 Å². The Morgan fingerprint density at radius 3 is 2.50 bits per heavy atom. The van der Waals surface area contributed by atoms with Crippen molar-refractivity contribution < 1.29 is 4.39 Å². The topological polar surface area (TPSA) is 0 Å². The van der Waals surface area contributed by atoms with Crippen LogP contribution in [-0.4, -0.2) is 6.17 Å². The van der Waals surface area contributed by atoms with Gasteiger partial charge < -0.3 is 0 Å². The predicted octanol–water partition coefficient (Wildman–Crippen LogP) is 3.68. The second-order valence-corrected chi connectivity index (χ2v) is 4.15. The lowest BCUT2D eigenvalue weighted by Crippen LogP contribution is -2.35. The van der Waals surface area contributed by atoms with Gasteiger partial charge in [-0.1, -0.05) is 38.4 Å². The smallest absolute Gasteiger partial charge is 0.129 e. The molecule has 0 saturated carbocycles. The highest BCUT2D eigenvalue weighted by Crippen LogP contribution is 2.44. The van der Waals surface area contributed by atoms with E-state index in [4.69, 9.17) is 11.6 Å². The van der Waals surface area contributed by atoms with Gasteiger partial charge in [0.2, 0.25) is 0 Å².